The first-order chi connectivity index (χ1) is 8.24. The van der Waals surface area contributed by atoms with Crippen molar-refractivity contribution < 1.29 is 0 Å². The van der Waals surface area contributed by atoms with Gasteiger partial charge in [0.15, 0.2) is 0 Å². The number of rotatable bonds is 2. The Hall–Kier alpha value is -1.32. The van der Waals surface area contributed by atoms with Crippen molar-refractivity contribution >= 4 is 0 Å². The maximum atomic E-state index is 5.79. The van der Waals surface area contributed by atoms with Gasteiger partial charge in [0, 0.05) is 38.4 Å². The Bertz CT molecular complexity index is 369. The molecule has 2 N–H and O–H groups in total. The monoisotopic (exact) mass is 231 g/mol. The van der Waals surface area contributed by atoms with Crippen LogP contribution in [0.15, 0.2) is 47.7 Å². The number of likely N-dealkylation sites (N-methyl/N-ethyl adjacent to an activating group) is 1. The molecule has 0 spiro atoms. The number of hydrogen-bond acceptors (Lipinski definition) is 3. The van der Waals surface area contributed by atoms with Gasteiger partial charge in [0.05, 0.1) is 0 Å². The Morgan fingerprint density at radius 2 is 1.76 bits per heavy atom. The van der Waals surface area contributed by atoms with E-state index >= 15 is 0 Å². The van der Waals surface area contributed by atoms with Crippen molar-refractivity contribution in [1.82, 2.24) is 9.80 Å². The van der Waals surface area contributed by atoms with E-state index in [1.54, 1.807) is 0 Å². The highest BCUT2D eigenvalue weighted by Gasteiger charge is 2.13. The van der Waals surface area contributed by atoms with Crippen LogP contribution in [0.25, 0.3) is 0 Å². The maximum Gasteiger partial charge on any atom is 0.0314 e. The first-order valence-corrected chi connectivity index (χ1v) is 6.16. The first-order valence-electron chi connectivity index (χ1n) is 6.16. The molecule has 0 aromatic heterocycles. The van der Waals surface area contributed by atoms with Gasteiger partial charge in [-0.1, -0.05) is 24.3 Å². The van der Waals surface area contributed by atoms with E-state index in [0.717, 1.165) is 38.4 Å². The van der Waals surface area contributed by atoms with Crippen molar-refractivity contribution in [2.75, 3.05) is 39.8 Å². The lowest BCUT2D eigenvalue weighted by Gasteiger charge is -2.32. The summed E-state index contributed by atoms with van der Waals surface area (Å²) in [6.07, 6.45) is 12.2. The second-order valence-electron chi connectivity index (χ2n) is 4.71. The SMILES string of the molecule is CN1CCN(CC2=C/C=C(N)\C=C\C=C2)CC1. The van der Waals surface area contributed by atoms with Crippen LogP contribution >= 0.6 is 0 Å². The molecule has 2 rings (SSSR count). The first kappa shape index (κ1) is 12.1. The normalized spacial score (nSPS) is 27.8. The van der Waals surface area contributed by atoms with E-state index in [1.807, 2.05) is 18.2 Å². The van der Waals surface area contributed by atoms with Crippen LogP contribution < -0.4 is 5.73 Å². The molecule has 0 atom stereocenters. The smallest absolute Gasteiger partial charge is 0.0314 e. The largest absolute Gasteiger partial charge is 0.399 e. The lowest BCUT2D eigenvalue weighted by Crippen LogP contribution is -2.44. The standard InChI is InChI=1S/C14H21N3/c1-16-8-10-17(11-9-16)12-13-4-2-3-5-14(15)7-6-13/h2-7H,8-12,15H2,1H3/b3-2?,4-2?,5-3+,7-6?,13-4?,13-6?,14-5?,14-7+. The van der Waals surface area contributed by atoms with E-state index in [9.17, 15) is 0 Å². The number of nitrogens with two attached hydrogens (primary N) is 1. The molecule has 0 amide bonds. The molecule has 1 heterocycles. The second-order valence-corrected chi connectivity index (χ2v) is 4.71. The average Bonchev–Trinajstić information content (AvgIpc) is 2.31. The molecule has 2 aliphatic rings. The predicted octanol–water partition coefficient (Wildman–Crippen LogP) is 1.13. The van der Waals surface area contributed by atoms with Crippen molar-refractivity contribution in [2.24, 2.45) is 5.73 Å². The highest BCUT2D eigenvalue weighted by Crippen LogP contribution is 2.08. The second kappa shape index (κ2) is 5.84. The van der Waals surface area contributed by atoms with Gasteiger partial charge in [-0.05, 0) is 24.8 Å². The molecule has 1 aliphatic carbocycles. The van der Waals surface area contributed by atoms with Gasteiger partial charge in [-0.2, -0.15) is 0 Å². The quantitative estimate of drug-likeness (QED) is 0.773. The number of nitrogens with zero attached hydrogens (tertiary/aromatic N) is 2. The van der Waals surface area contributed by atoms with Crippen LogP contribution in [0.1, 0.15) is 0 Å². The highest BCUT2D eigenvalue weighted by atomic mass is 15.2. The molecule has 1 saturated heterocycles. The van der Waals surface area contributed by atoms with Gasteiger partial charge in [0.1, 0.15) is 0 Å². The van der Waals surface area contributed by atoms with E-state index in [2.05, 4.69) is 35.1 Å². The van der Waals surface area contributed by atoms with Crippen LogP contribution in [0.2, 0.25) is 0 Å². The van der Waals surface area contributed by atoms with Crippen molar-refractivity contribution in [1.29, 1.82) is 0 Å². The molecular weight excluding hydrogens is 210 g/mol. The summed E-state index contributed by atoms with van der Waals surface area (Å²) in [7, 11) is 2.18. The minimum atomic E-state index is 0.810. The summed E-state index contributed by atoms with van der Waals surface area (Å²) in [5.74, 6) is 0. The van der Waals surface area contributed by atoms with Crippen LogP contribution in [0.3, 0.4) is 0 Å². The van der Waals surface area contributed by atoms with E-state index in [4.69, 9.17) is 5.73 Å². The van der Waals surface area contributed by atoms with Gasteiger partial charge in [-0.25, -0.2) is 0 Å². The number of piperazine rings is 1. The zero-order chi connectivity index (χ0) is 12.1. The summed E-state index contributed by atoms with van der Waals surface area (Å²) in [5, 5.41) is 0. The summed E-state index contributed by atoms with van der Waals surface area (Å²) >= 11 is 0. The average molecular weight is 231 g/mol. The fraction of sp³-hybridized carbons (Fsp3) is 0.429. The van der Waals surface area contributed by atoms with Crippen molar-refractivity contribution in [3.8, 4) is 0 Å². The molecule has 1 fully saturated rings. The topological polar surface area (TPSA) is 32.5 Å². The van der Waals surface area contributed by atoms with Gasteiger partial charge in [0.2, 0.25) is 0 Å². The summed E-state index contributed by atoms with van der Waals surface area (Å²) in [6, 6.07) is 0. The van der Waals surface area contributed by atoms with Gasteiger partial charge in [0.25, 0.3) is 0 Å². The molecule has 0 saturated carbocycles. The van der Waals surface area contributed by atoms with Gasteiger partial charge >= 0.3 is 0 Å². The van der Waals surface area contributed by atoms with Gasteiger partial charge in [-0.15, -0.1) is 0 Å². The summed E-state index contributed by atoms with van der Waals surface area (Å²) in [6.45, 7) is 5.64. The fourth-order valence-corrected chi connectivity index (χ4v) is 2.03. The number of allylic oxidation sites excluding steroid dienone is 5. The predicted molar refractivity (Wildman–Crippen MR) is 72.6 cm³/mol. The fourth-order valence-electron chi connectivity index (χ4n) is 2.03. The van der Waals surface area contributed by atoms with Crippen LogP contribution in [-0.2, 0) is 0 Å². The van der Waals surface area contributed by atoms with E-state index in [-0.39, 0.29) is 0 Å². The molecule has 17 heavy (non-hydrogen) atoms. The molecule has 0 bridgehead atoms. The maximum absolute atomic E-state index is 5.79. The molecular formula is C14H21N3. The van der Waals surface area contributed by atoms with Crippen LogP contribution in [0, 0.1) is 0 Å². The van der Waals surface area contributed by atoms with Crippen molar-refractivity contribution in [3.63, 3.8) is 0 Å². The Kier molecular flexibility index (Phi) is 4.18. The molecule has 0 unspecified atom stereocenters. The van der Waals surface area contributed by atoms with Crippen LogP contribution in [-0.4, -0.2) is 49.6 Å². The van der Waals surface area contributed by atoms with E-state index < -0.39 is 0 Å². The van der Waals surface area contributed by atoms with Crippen LogP contribution in [0.4, 0.5) is 0 Å². The zero-order valence-electron chi connectivity index (χ0n) is 10.5. The molecule has 0 radical (unpaired) electrons. The number of hydrogen-bond donors (Lipinski definition) is 1. The Balaban J connectivity index is 1.94. The minimum absolute atomic E-state index is 0.810. The van der Waals surface area contributed by atoms with E-state index in [1.165, 1.54) is 5.57 Å². The Morgan fingerprint density at radius 1 is 1.06 bits per heavy atom. The van der Waals surface area contributed by atoms with Gasteiger partial charge < -0.3 is 10.6 Å². The third kappa shape index (κ3) is 3.88. The molecule has 0 aromatic carbocycles. The highest BCUT2D eigenvalue weighted by molar-refractivity contribution is 5.35. The lowest BCUT2D eigenvalue weighted by atomic mass is 10.1. The molecule has 3 heteroatoms. The molecule has 0 aromatic rings. The summed E-state index contributed by atoms with van der Waals surface area (Å²) < 4.78 is 0. The Labute approximate surface area is 104 Å². The lowest BCUT2D eigenvalue weighted by molar-refractivity contribution is 0.165. The zero-order valence-corrected chi connectivity index (χ0v) is 10.5. The molecule has 1 aliphatic heterocycles. The van der Waals surface area contributed by atoms with Gasteiger partial charge in [-0.3, -0.25) is 4.90 Å². The third-order valence-corrected chi connectivity index (χ3v) is 3.20. The van der Waals surface area contributed by atoms with Crippen molar-refractivity contribution in [2.45, 2.75) is 0 Å². The summed E-state index contributed by atoms with van der Waals surface area (Å²) in [4.78, 5) is 4.87. The molecule has 92 valence electrons. The van der Waals surface area contributed by atoms with Crippen molar-refractivity contribution in [3.05, 3.63) is 47.7 Å². The summed E-state index contributed by atoms with van der Waals surface area (Å²) in [5.41, 5.74) is 7.92. The molecule has 3 nitrogen and oxygen atoms in total. The minimum Gasteiger partial charge on any atom is -0.399 e. The van der Waals surface area contributed by atoms with E-state index in [0.29, 0.717) is 0 Å². The Morgan fingerprint density at radius 3 is 2.53 bits per heavy atom. The third-order valence-electron chi connectivity index (χ3n) is 3.20. The van der Waals surface area contributed by atoms with Crippen LogP contribution in [0.5, 0.6) is 0 Å².